The molecule has 4 nitrogen and oxygen atoms in total. The smallest absolute Gasteiger partial charge is 0.343 e. The van der Waals surface area contributed by atoms with Gasteiger partial charge in [0.2, 0.25) is 10.0 Å². The Morgan fingerprint density at radius 1 is 1.03 bits per heavy atom. The van der Waals surface area contributed by atoms with E-state index in [0.29, 0.717) is 32.7 Å². The second kappa shape index (κ2) is 7.90. The zero-order chi connectivity index (χ0) is 22.4. The summed E-state index contributed by atoms with van der Waals surface area (Å²) in [5.74, 6) is 0. The van der Waals surface area contributed by atoms with E-state index in [1.54, 1.807) is 64.1 Å². The highest BCUT2D eigenvalue weighted by atomic mass is 35.5. The molecule has 0 saturated heterocycles. The summed E-state index contributed by atoms with van der Waals surface area (Å²) in [4.78, 5) is -0.122. The number of alkyl halides is 3. The number of sulfonamides is 1. The zero-order valence-electron chi connectivity index (χ0n) is 16.9. The summed E-state index contributed by atoms with van der Waals surface area (Å²) in [6.45, 7) is 6.03. The van der Waals surface area contributed by atoms with Crippen LogP contribution in [0.15, 0.2) is 41.3 Å². The van der Waals surface area contributed by atoms with E-state index in [9.17, 15) is 21.6 Å². The molecule has 3 aromatic rings. The van der Waals surface area contributed by atoms with Crippen LogP contribution in [0.25, 0.3) is 10.9 Å². The fourth-order valence-electron chi connectivity index (χ4n) is 3.85. The van der Waals surface area contributed by atoms with E-state index >= 15 is 0 Å². The first-order valence-corrected chi connectivity index (χ1v) is 11.1. The summed E-state index contributed by atoms with van der Waals surface area (Å²) in [7, 11) is -4.40. The van der Waals surface area contributed by atoms with Crippen molar-refractivity contribution in [2.75, 3.05) is 0 Å². The second-order valence-corrected chi connectivity index (χ2v) is 9.63. The van der Waals surface area contributed by atoms with E-state index in [0.717, 1.165) is 5.56 Å². The van der Waals surface area contributed by atoms with Crippen LogP contribution in [-0.2, 0) is 16.6 Å². The maximum atomic E-state index is 13.9. The lowest BCUT2D eigenvalue weighted by Gasteiger charge is -2.24. The number of hydrogen-bond donors (Lipinski definition) is 1. The fraction of sp³-hybridized carbons (Fsp3) is 0.333. The van der Waals surface area contributed by atoms with Crippen LogP contribution in [0.3, 0.4) is 0 Å². The van der Waals surface area contributed by atoms with Crippen molar-refractivity contribution < 1.29 is 21.6 Å². The highest BCUT2D eigenvalue weighted by molar-refractivity contribution is 7.89. The number of hydrogen-bond acceptors (Lipinski definition) is 2. The van der Waals surface area contributed by atoms with Gasteiger partial charge >= 0.3 is 6.18 Å². The SMILES string of the molecule is Cc1cc(C)c(S(=O)(=O)NC(Cn2c(C)cc3cc(Cl)ccc32)C(F)(F)F)c(C)c1. The molecule has 1 unspecified atom stereocenters. The third kappa shape index (κ3) is 4.50. The molecule has 1 aromatic heterocycles. The van der Waals surface area contributed by atoms with Gasteiger partial charge in [-0.25, -0.2) is 8.42 Å². The van der Waals surface area contributed by atoms with Crippen molar-refractivity contribution >= 4 is 32.5 Å². The summed E-state index contributed by atoms with van der Waals surface area (Å²) in [5, 5.41) is 1.16. The number of aryl methyl sites for hydroxylation is 4. The Hall–Kier alpha value is -2.03. The molecule has 9 heteroatoms. The van der Waals surface area contributed by atoms with Gasteiger partial charge in [0.15, 0.2) is 0 Å². The van der Waals surface area contributed by atoms with E-state index < -0.39 is 28.8 Å². The summed E-state index contributed by atoms with van der Waals surface area (Å²) in [5.41, 5.74) is 2.76. The number of fused-ring (bicyclic) bond motifs is 1. The molecule has 1 atom stereocenters. The Balaban J connectivity index is 2.02. The number of rotatable bonds is 5. The van der Waals surface area contributed by atoms with Crippen LogP contribution >= 0.6 is 11.6 Å². The van der Waals surface area contributed by atoms with E-state index in [1.165, 1.54) is 4.57 Å². The molecule has 162 valence electrons. The molecule has 0 aliphatic carbocycles. The van der Waals surface area contributed by atoms with Crippen LogP contribution in [0.4, 0.5) is 13.2 Å². The molecule has 0 radical (unpaired) electrons. The fourth-order valence-corrected chi connectivity index (χ4v) is 5.70. The van der Waals surface area contributed by atoms with Gasteiger partial charge in [0, 0.05) is 28.2 Å². The molecule has 2 aromatic carbocycles. The van der Waals surface area contributed by atoms with E-state index in [2.05, 4.69) is 0 Å². The number of aromatic nitrogens is 1. The van der Waals surface area contributed by atoms with E-state index in [1.807, 2.05) is 4.72 Å². The third-order valence-electron chi connectivity index (χ3n) is 5.00. The Bertz CT molecular complexity index is 1190. The minimum Gasteiger partial charge on any atom is -0.343 e. The lowest BCUT2D eigenvalue weighted by atomic mass is 10.1. The van der Waals surface area contributed by atoms with Crippen LogP contribution in [0.1, 0.15) is 22.4 Å². The molecule has 0 amide bonds. The van der Waals surface area contributed by atoms with Gasteiger partial charge in [-0.05, 0) is 63.1 Å². The summed E-state index contributed by atoms with van der Waals surface area (Å²) < 4.78 is 70.8. The number of nitrogens with one attached hydrogen (secondary N) is 1. The Morgan fingerprint density at radius 2 is 1.63 bits per heavy atom. The van der Waals surface area contributed by atoms with Crippen LogP contribution in [0, 0.1) is 27.7 Å². The van der Waals surface area contributed by atoms with Gasteiger partial charge in [0.05, 0.1) is 4.90 Å². The maximum Gasteiger partial charge on any atom is 0.406 e. The monoisotopic (exact) mass is 458 g/mol. The second-order valence-electron chi connectivity index (χ2n) is 7.54. The van der Waals surface area contributed by atoms with Gasteiger partial charge in [0.25, 0.3) is 0 Å². The standard InChI is InChI=1S/C21H22ClF3N2O2S/c1-12-7-13(2)20(14(3)8-12)30(28,29)26-19(21(23,24)25)11-27-15(4)9-16-10-17(22)5-6-18(16)27/h5-10,19,26H,11H2,1-4H3. The molecule has 0 aliphatic rings. The Kier molecular flexibility index (Phi) is 5.97. The van der Waals surface area contributed by atoms with Crippen molar-refractivity contribution in [3.63, 3.8) is 0 Å². The van der Waals surface area contributed by atoms with Crippen molar-refractivity contribution in [2.24, 2.45) is 0 Å². The van der Waals surface area contributed by atoms with E-state index in [4.69, 9.17) is 11.6 Å². The number of nitrogens with zero attached hydrogens (tertiary/aromatic N) is 1. The molecule has 3 rings (SSSR count). The molecule has 0 saturated carbocycles. The summed E-state index contributed by atoms with van der Waals surface area (Å²) in [6, 6.07) is 7.57. The molecule has 0 aliphatic heterocycles. The van der Waals surface area contributed by atoms with Crippen molar-refractivity contribution in [2.45, 2.75) is 51.4 Å². The highest BCUT2D eigenvalue weighted by Gasteiger charge is 2.43. The molecule has 0 bridgehead atoms. The van der Waals surface area contributed by atoms with Crippen molar-refractivity contribution in [1.82, 2.24) is 9.29 Å². The lowest BCUT2D eigenvalue weighted by Crippen LogP contribution is -2.48. The average molecular weight is 459 g/mol. The Labute approximate surface area is 178 Å². The van der Waals surface area contributed by atoms with Crippen molar-refractivity contribution in [3.8, 4) is 0 Å². The molecule has 1 N–H and O–H groups in total. The van der Waals surface area contributed by atoms with Gasteiger partial charge in [-0.2, -0.15) is 17.9 Å². The number of benzene rings is 2. The molecular formula is C21H22ClF3N2O2S. The maximum absolute atomic E-state index is 13.9. The highest BCUT2D eigenvalue weighted by Crippen LogP contribution is 2.29. The quantitative estimate of drug-likeness (QED) is 0.553. The topological polar surface area (TPSA) is 51.1 Å². The van der Waals surface area contributed by atoms with Crippen LogP contribution in [-0.4, -0.2) is 25.2 Å². The first-order valence-electron chi connectivity index (χ1n) is 9.22. The molecule has 30 heavy (non-hydrogen) atoms. The van der Waals surface area contributed by atoms with Gasteiger partial charge < -0.3 is 4.57 Å². The largest absolute Gasteiger partial charge is 0.406 e. The first-order chi connectivity index (χ1) is 13.8. The summed E-state index contributed by atoms with van der Waals surface area (Å²) in [6.07, 6.45) is -4.78. The predicted molar refractivity (Wildman–Crippen MR) is 113 cm³/mol. The van der Waals surface area contributed by atoms with E-state index in [-0.39, 0.29) is 4.90 Å². The zero-order valence-corrected chi connectivity index (χ0v) is 18.5. The summed E-state index contributed by atoms with van der Waals surface area (Å²) >= 11 is 5.97. The Morgan fingerprint density at radius 3 is 2.20 bits per heavy atom. The first kappa shape index (κ1) is 22.7. The third-order valence-corrected chi connectivity index (χ3v) is 7.01. The number of halogens is 4. The minimum absolute atomic E-state index is 0.122. The van der Waals surface area contributed by atoms with Gasteiger partial charge in [-0.3, -0.25) is 0 Å². The normalized spacial score (nSPS) is 13.7. The molecular weight excluding hydrogens is 437 g/mol. The molecule has 0 spiro atoms. The van der Waals surface area contributed by atoms with Crippen LogP contribution in [0.5, 0.6) is 0 Å². The van der Waals surface area contributed by atoms with Gasteiger partial charge in [-0.15, -0.1) is 0 Å². The predicted octanol–water partition coefficient (Wildman–Crippen LogP) is 5.44. The van der Waals surface area contributed by atoms with Crippen LogP contribution < -0.4 is 4.72 Å². The molecule has 1 heterocycles. The van der Waals surface area contributed by atoms with Crippen molar-refractivity contribution in [1.29, 1.82) is 0 Å². The van der Waals surface area contributed by atoms with Crippen LogP contribution in [0.2, 0.25) is 5.02 Å². The molecule has 0 fully saturated rings. The lowest BCUT2D eigenvalue weighted by molar-refractivity contribution is -0.154. The average Bonchev–Trinajstić information content (AvgIpc) is 2.86. The van der Waals surface area contributed by atoms with Gasteiger partial charge in [0.1, 0.15) is 6.04 Å². The minimum atomic E-state index is -4.78. The van der Waals surface area contributed by atoms with Gasteiger partial charge in [-0.1, -0.05) is 29.3 Å². The van der Waals surface area contributed by atoms with Crippen molar-refractivity contribution in [3.05, 3.63) is 63.8 Å².